The fourth-order valence-electron chi connectivity index (χ4n) is 6.60. The second-order valence-corrected chi connectivity index (χ2v) is 15.3. The molecule has 0 fully saturated rings. The molecular formula is C44H55IrN2O2-. The fourth-order valence-corrected chi connectivity index (χ4v) is 6.60. The van der Waals surface area contributed by atoms with Gasteiger partial charge in [0.2, 0.25) is 0 Å². The van der Waals surface area contributed by atoms with Gasteiger partial charge >= 0.3 is 0 Å². The molecule has 1 radical (unpaired) electrons. The molecule has 49 heavy (non-hydrogen) atoms. The van der Waals surface area contributed by atoms with Crippen LogP contribution >= 0.6 is 0 Å². The largest absolute Gasteiger partial charge is 0.512 e. The Morgan fingerprint density at radius 2 is 1.33 bits per heavy atom. The molecular weight excluding hydrogens is 781 g/mol. The predicted octanol–water partition coefficient (Wildman–Crippen LogP) is 12.2. The van der Waals surface area contributed by atoms with Crippen molar-refractivity contribution in [1.29, 1.82) is 0 Å². The zero-order valence-electron chi connectivity index (χ0n) is 31.2. The summed E-state index contributed by atoms with van der Waals surface area (Å²) in [6.45, 7) is 21.7. The molecule has 2 aromatic heterocycles. The van der Waals surface area contributed by atoms with Crippen molar-refractivity contribution in [3.63, 3.8) is 0 Å². The summed E-state index contributed by atoms with van der Waals surface area (Å²) in [4.78, 5) is 21.3. The van der Waals surface area contributed by atoms with Gasteiger partial charge in [-0.25, -0.2) is 0 Å². The zero-order chi connectivity index (χ0) is 35.2. The van der Waals surface area contributed by atoms with Gasteiger partial charge in [-0.05, 0) is 71.2 Å². The molecule has 1 N–H and O–H groups in total. The molecule has 4 nitrogen and oxygen atoms in total. The minimum absolute atomic E-state index is 0. The maximum absolute atomic E-state index is 11.7. The van der Waals surface area contributed by atoms with Crippen LogP contribution in [0.25, 0.3) is 43.6 Å². The van der Waals surface area contributed by atoms with Crippen molar-refractivity contribution in [2.75, 3.05) is 0 Å². The van der Waals surface area contributed by atoms with E-state index in [0.717, 1.165) is 59.8 Å². The maximum atomic E-state index is 11.7. The van der Waals surface area contributed by atoms with Crippen LogP contribution in [0.5, 0.6) is 0 Å². The number of aliphatic hydroxyl groups is 1. The van der Waals surface area contributed by atoms with Crippen LogP contribution in [0, 0.1) is 23.3 Å². The first-order chi connectivity index (χ1) is 22.7. The SMILES string of the molecule is CC(C)(C)Cc1nccc2c1ccc1c(-c3[c-]c4ccccc4c(C(C)(C)C)c3)nccc12.CCC(CC)C(=O)/C=C(\O)C(CC)CC.[Ir]. The summed E-state index contributed by atoms with van der Waals surface area (Å²) in [5.74, 6) is 0.547. The fraction of sp³-hybridized carbons (Fsp3) is 0.432. The minimum atomic E-state index is 0. The molecule has 0 saturated heterocycles. The van der Waals surface area contributed by atoms with E-state index in [4.69, 9.17) is 9.97 Å². The molecule has 3 aromatic carbocycles. The van der Waals surface area contributed by atoms with E-state index in [1.54, 1.807) is 0 Å². The van der Waals surface area contributed by atoms with Gasteiger partial charge in [-0.3, -0.25) is 14.8 Å². The number of carbonyl (C=O) groups is 1. The Balaban J connectivity index is 0.000000347. The van der Waals surface area contributed by atoms with Crippen molar-refractivity contribution < 1.29 is 30.0 Å². The van der Waals surface area contributed by atoms with Crippen molar-refractivity contribution in [2.45, 2.75) is 107 Å². The normalized spacial score (nSPS) is 12.4. The van der Waals surface area contributed by atoms with E-state index in [2.05, 4.69) is 102 Å². The van der Waals surface area contributed by atoms with Crippen LogP contribution in [0.15, 0.2) is 78.8 Å². The second-order valence-electron chi connectivity index (χ2n) is 15.3. The number of hydrogen-bond donors (Lipinski definition) is 1. The smallest absolute Gasteiger partial charge is 0.162 e. The van der Waals surface area contributed by atoms with E-state index in [0.29, 0.717) is 0 Å². The molecule has 0 aliphatic heterocycles. The van der Waals surface area contributed by atoms with E-state index in [-0.39, 0.29) is 54.3 Å². The quantitative estimate of drug-likeness (QED) is 0.0695. The minimum Gasteiger partial charge on any atom is -0.512 e. The molecule has 0 amide bonds. The van der Waals surface area contributed by atoms with Gasteiger partial charge in [-0.2, -0.15) is 0 Å². The Bertz CT molecular complexity index is 1900. The first kappa shape index (κ1) is 40.0. The number of fused-ring (bicyclic) bond motifs is 4. The van der Waals surface area contributed by atoms with E-state index in [9.17, 15) is 9.90 Å². The number of benzene rings is 3. The van der Waals surface area contributed by atoms with Crippen molar-refractivity contribution in [3.05, 3.63) is 96.1 Å². The molecule has 263 valence electrons. The van der Waals surface area contributed by atoms with Crippen LogP contribution in [0.1, 0.15) is 106 Å². The number of ketones is 1. The van der Waals surface area contributed by atoms with Crippen molar-refractivity contribution in [3.8, 4) is 11.3 Å². The number of allylic oxidation sites excluding steroid dienone is 2. The molecule has 0 aliphatic rings. The van der Waals surface area contributed by atoms with Crippen LogP contribution < -0.4 is 0 Å². The third-order valence-electron chi connectivity index (χ3n) is 9.39. The second kappa shape index (κ2) is 17.0. The maximum Gasteiger partial charge on any atom is 0.162 e. The van der Waals surface area contributed by atoms with Crippen LogP contribution in [-0.2, 0) is 36.7 Å². The number of carbonyl (C=O) groups excluding carboxylic acids is 1. The van der Waals surface area contributed by atoms with Crippen molar-refractivity contribution in [2.24, 2.45) is 17.3 Å². The van der Waals surface area contributed by atoms with Gasteiger partial charge in [-0.1, -0.05) is 111 Å². The van der Waals surface area contributed by atoms with Gasteiger partial charge in [0.25, 0.3) is 0 Å². The molecule has 5 rings (SSSR count). The average Bonchev–Trinajstić information content (AvgIpc) is 3.04. The molecule has 5 aromatic rings. The third kappa shape index (κ3) is 9.65. The van der Waals surface area contributed by atoms with Gasteiger partial charge in [0.15, 0.2) is 5.78 Å². The number of aromatic nitrogens is 2. The summed E-state index contributed by atoms with van der Waals surface area (Å²) in [6.07, 6.45) is 9.73. The van der Waals surface area contributed by atoms with Gasteiger partial charge in [0.05, 0.1) is 5.76 Å². The molecule has 5 heteroatoms. The van der Waals surface area contributed by atoms with Crippen LogP contribution in [-0.4, -0.2) is 20.9 Å². The summed E-state index contributed by atoms with van der Waals surface area (Å²) in [6, 6.07) is 23.2. The number of pyridine rings is 2. The standard InChI is InChI=1S/C31H31N2.C13H24O2.Ir/c1-30(2,3)19-28-25-11-12-26-24(23(25)13-15-32-28)14-16-33-29(26)21-17-20-9-7-8-10-22(20)27(18-21)31(4,5)6;1-5-10(6-2)12(14)9-13(15)11(7-3)8-4;/h7-16,18H,19H2,1-6H3;9-11,14H,5-8H2,1-4H3;/q-1;;/b;12-9-;. The predicted molar refractivity (Wildman–Crippen MR) is 205 cm³/mol. The van der Waals surface area contributed by atoms with Crippen molar-refractivity contribution in [1.82, 2.24) is 9.97 Å². The zero-order valence-corrected chi connectivity index (χ0v) is 33.6. The van der Waals surface area contributed by atoms with E-state index in [1.165, 1.54) is 33.2 Å². The average molecular weight is 836 g/mol. The summed E-state index contributed by atoms with van der Waals surface area (Å²) < 4.78 is 0. The molecule has 0 spiro atoms. The van der Waals surface area contributed by atoms with Gasteiger partial charge < -0.3 is 5.11 Å². The first-order valence-corrected chi connectivity index (χ1v) is 17.8. The van der Waals surface area contributed by atoms with Crippen LogP contribution in [0.2, 0.25) is 0 Å². The summed E-state index contributed by atoms with van der Waals surface area (Å²) in [5.41, 5.74) is 4.72. The molecule has 2 heterocycles. The Hall–Kier alpha value is -3.40. The Morgan fingerprint density at radius 1 is 0.755 bits per heavy atom. The number of aliphatic hydroxyl groups excluding tert-OH is 1. The molecule has 0 saturated carbocycles. The van der Waals surface area contributed by atoms with Gasteiger partial charge in [0.1, 0.15) is 0 Å². The van der Waals surface area contributed by atoms with Gasteiger partial charge in [0, 0.05) is 67.2 Å². The summed E-state index contributed by atoms with van der Waals surface area (Å²) in [5, 5.41) is 17.0. The molecule has 0 aliphatic carbocycles. The Morgan fingerprint density at radius 3 is 1.92 bits per heavy atom. The van der Waals surface area contributed by atoms with Gasteiger partial charge in [-0.15, -0.1) is 29.1 Å². The van der Waals surface area contributed by atoms with Crippen LogP contribution in [0.4, 0.5) is 0 Å². The van der Waals surface area contributed by atoms with E-state index < -0.39 is 0 Å². The first-order valence-electron chi connectivity index (χ1n) is 17.8. The molecule has 0 bridgehead atoms. The van der Waals surface area contributed by atoms with E-state index in [1.807, 2.05) is 40.1 Å². The summed E-state index contributed by atoms with van der Waals surface area (Å²) in [7, 11) is 0. The van der Waals surface area contributed by atoms with E-state index >= 15 is 0 Å². The number of rotatable bonds is 9. The number of hydrogen-bond acceptors (Lipinski definition) is 4. The van der Waals surface area contributed by atoms with Crippen LogP contribution in [0.3, 0.4) is 0 Å². The Labute approximate surface area is 308 Å². The molecule has 0 atom stereocenters. The Kier molecular flexibility index (Phi) is 13.9. The topological polar surface area (TPSA) is 63.1 Å². The third-order valence-corrected chi connectivity index (χ3v) is 9.39. The molecule has 0 unspecified atom stereocenters. The number of nitrogens with zero attached hydrogens (tertiary/aromatic N) is 2. The monoisotopic (exact) mass is 836 g/mol. The summed E-state index contributed by atoms with van der Waals surface area (Å²) >= 11 is 0. The van der Waals surface area contributed by atoms with Crippen molar-refractivity contribution >= 4 is 38.1 Å².